The number of benzene rings is 2. The fourth-order valence-corrected chi connectivity index (χ4v) is 4.35. The highest BCUT2D eigenvalue weighted by molar-refractivity contribution is 5.88. The van der Waals surface area contributed by atoms with Crippen molar-refractivity contribution >= 4 is 22.8 Å². The maximum atomic E-state index is 13.3. The van der Waals surface area contributed by atoms with E-state index in [-0.39, 0.29) is 17.9 Å². The van der Waals surface area contributed by atoms with E-state index in [2.05, 4.69) is 27.3 Å². The summed E-state index contributed by atoms with van der Waals surface area (Å²) in [7, 11) is 1.29. The predicted molar refractivity (Wildman–Crippen MR) is 127 cm³/mol. The lowest BCUT2D eigenvalue weighted by molar-refractivity contribution is -0.135. The summed E-state index contributed by atoms with van der Waals surface area (Å²) in [6.07, 6.45) is 8.39. The van der Waals surface area contributed by atoms with E-state index in [1.54, 1.807) is 6.20 Å². The van der Waals surface area contributed by atoms with Crippen molar-refractivity contribution in [3.8, 4) is 23.6 Å². The van der Waals surface area contributed by atoms with Crippen molar-refractivity contribution < 1.29 is 14.3 Å². The van der Waals surface area contributed by atoms with Crippen LogP contribution in [0.3, 0.4) is 0 Å². The maximum absolute atomic E-state index is 13.3. The van der Waals surface area contributed by atoms with Crippen molar-refractivity contribution in [2.24, 2.45) is 5.92 Å². The number of alkyl carbamates (subject to hydrolysis) is 1. The van der Waals surface area contributed by atoms with Crippen LogP contribution in [0.15, 0.2) is 42.6 Å². The van der Waals surface area contributed by atoms with E-state index in [4.69, 9.17) is 11.2 Å². The highest BCUT2D eigenvalue weighted by Gasteiger charge is 2.37. The molecule has 0 spiro atoms. The van der Waals surface area contributed by atoms with Gasteiger partial charge in [0.1, 0.15) is 11.9 Å². The van der Waals surface area contributed by atoms with Crippen molar-refractivity contribution in [3.63, 3.8) is 0 Å². The second-order valence-electron chi connectivity index (χ2n) is 8.65. The van der Waals surface area contributed by atoms with Gasteiger partial charge in [0.15, 0.2) is 0 Å². The number of imidazole rings is 1. The number of aromatic nitrogens is 2. The molecule has 170 valence electrons. The first kappa shape index (κ1) is 22.4. The Bertz CT molecular complexity index is 1220. The molecule has 2 amide bonds. The topological polar surface area (TPSA) is 87.3 Å². The number of carbonyl (C=O) groups excluding carboxylic acids is 2. The normalized spacial score (nSPS) is 16.6. The van der Waals surface area contributed by atoms with Crippen LogP contribution in [0.1, 0.15) is 44.1 Å². The zero-order valence-electron chi connectivity index (χ0n) is 19.1. The summed E-state index contributed by atoms with van der Waals surface area (Å²) in [5.41, 5.74) is 2.75. The minimum Gasteiger partial charge on any atom is -0.453 e. The number of carbonyl (C=O) groups is 2. The lowest BCUT2D eigenvalue weighted by atomic mass is 10.0. The van der Waals surface area contributed by atoms with Crippen LogP contribution in [0.4, 0.5) is 4.79 Å². The van der Waals surface area contributed by atoms with Gasteiger partial charge in [0, 0.05) is 17.7 Å². The van der Waals surface area contributed by atoms with Gasteiger partial charge in [0.05, 0.1) is 25.0 Å². The van der Waals surface area contributed by atoms with Gasteiger partial charge < -0.3 is 19.9 Å². The monoisotopic (exact) mass is 444 g/mol. The number of likely N-dealkylation sites (tertiary alicyclic amines) is 1. The predicted octanol–water partition coefficient (Wildman–Crippen LogP) is 4.26. The van der Waals surface area contributed by atoms with E-state index in [0.717, 1.165) is 46.3 Å². The Labute approximate surface area is 193 Å². The number of nitrogens with zero attached hydrogens (tertiary/aromatic N) is 2. The largest absolute Gasteiger partial charge is 0.453 e. The summed E-state index contributed by atoms with van der Waals surface area (Å²) in [6, 6.07) is 11.3. The smallest absolute Gasteiger partial charge is 0.407 e. The molecule has 0 aliphatic carbocycles. The van der Waals surface area contributed by atoms with Crippen molar-refractivity contribution in [3.05, 3.63) is 54.0 Å². The van der Waals surface area contributed by atoms with Crippen LogP contribution in [0, 0.1) is 18.3 Å². The summed E-state index contributed by atoms with van der Waals surface area (Å²) >= 11 is 0. The molecule has 3 aromatic rings. The Hall–Kier alpha value is -3.79. The number of amides is 2. The van der Waals surface area contributed by atoms with Crippen LogP contribution >= 0.6 is 0 Å². The molecule has 0 radical (unpaired) electrons. The number of hydrogen-bond acceptors (Lipinski definition) is 4. The molecule has 1 aliphatic heterocycles. The molecular weight excluding hydrogens is 416 g/mol. The van der Waals surface area contributed by atoms with Gasteiger partial charge >= 0.3 is 6.09 Å². The summed E-state index contributed by atoms with van der Waals surface area (Å²) < 4.78 is 4.70. The number of nitrogens with one attached hydrogen (secondary N) is 2. The summed E-state index contributed by atoms with van der Waals surface area (Å²) in [5, 5.41) is 4.85. The molecule has 2 aromatic carbocycles. The quantitative estimate of drug-likeness (QED) is 0.576. The van der Waals surface area contributed by atoms with E-state index >= 15 is 0 Å². The Kier molecular flexibility index (Phi) is 6.36. The van der Waals surface area contributed by atoms with Crippen LogP contribution in [-0.2, 0) is 9.53 Å². The van der Waals surface area contributed by atoms with Gasteiger partial charge in [-0.2, -0.15) is 0 Å². The maximum Gasteiger partial charge on any atom is 0.407 e. The Morgan fingerprint density at radius 3 is 2.73 bits per heavy atom. The van der Waals surface area contributed by atoms with E-state index in [1.165, 1.54) is 7.11 Å². The standard InChI is InChI=1S/C26H28N4O3/c1-5-17-8-9-19-14-20(11-10-18(19)13-17)21-15-27-24(28-21)22-7-6-12-30(22)25(31)23(16(2)3)29-26(32)33-4/h1,8-11,13-16,22-23H,6-7,12H2,2-4H3,(H,27,28)(H,29,32). The first-order chi connectivity index (χ1) is 15.9. The van der Waals surface area contributed by atoms with Crippen molar-refractivity contribution in [1.29, 1.82) is 0 Å². The van der Waals surface area contributed by atoms with Gasteiger partial charge in [0.2, 0.25) is 5.91 Å². The number of methoxy groups -OCH3 is 1. The number of fused-ring (bicyclic) bond motifs is 1. The molecule has 2 N–H and O–H groups in total. The zero-order valence-corrected chi connectivity index (χ0v) is 19.1. The number of terminal acetylenes is 1. The van der Waals surface area contributed by atoms with Gasteiger partial charge in [-0.05, 0) is 47.7 Å². The molecule has 1 aromatic heterocycles. The molecule has 33 heavy (non-hydrogen) atoms. The molecular formula is C26H28N4O3. The van der Waals surface area contributed by atoms with Gasteiger partial charge in [-0.3, -0.25) is 4.79 Å². The van der Waals surface area contributed by atoms with Crippen LogP contribution < -0.4 is 5.32 Å². The highest BCUT2D eigenvalue weighted by Crippen LogP contribution is 2.33. The van der Waals surface area contributed by atoms with Crippen LogP contribution in [0.5, 0.6) is 0 Å². The highest BCUT2D eigenvalue weighted by atomic mass is 16.5. The van der Waals surface area contributed by atoms with Crippen molar-refractivity contribution in [2.75, 3.05) is 13.7 Å². The molecule has 2 unspecified atom stereocenters. The molecule has 4 rings (SSSR count). The third-order valence-corrected chi connectivity index (χ3v) is 6.16. The molecule has 1 fully saturated rings. The Morgan fingerprint density at radius 2 is 2.00 bits per heavy atom. The average molecular weight is 445 g/mol. The number of ether oxygens (including phenoxy) is 1. The Balaban J connectivity index is 1.57. The second-order valence-corrected chi connectivity index (χ2v) is 8.65. The van der Waals surface area contributed by atoms with Gasteiger partial charge in [0.25, 0.3) is 0 Å². The summed E-state index contributed by atoms with van der Waals surface area (Å²) in [6.45, 7) is 4.43. The first-order valence-electron chi connectivity index (χ1n) is 11.1. The van der Waals surface area contributed by atoms with E-state index in [9.17, 15) is 9.59 Å². The zero-order chi connectivity index (χ0) is 23.5. The van der Waals surface area contributed by atoms with Gasteiger partial charge in [-0.25, -0.2) is 9.78 Å². The SMILES string of the molecule is C#Cc1ccc2cc(-c3cnc(C4CCCN4C(=O)C(NC(=O)OC)C(C)C)[nH]3)ccc2c1. The minimum atomic E-state index is -0.652. The van der Waals surface area contributed by atoms with Gasteiger partial charge in [-0.1, -0.05) is 38.0 Å². The average Bonchev–Trinajstić information content (AvgIpc) is 3.50. The van der Waals surface area contributed by atoms with E-state index in [1.807, 2.05) is 49.1 Å². The van der Waals surface area contributed by atoms with Crippen LogP contribution in [-0.4, -0.2) is 46.6 Å². The molecule has 1 aliphatic rings. The first-order valence-corrected chi connectivity index (χ1v) is 11.1. The molecule has 2 heterocycles. The van der Waals surface area contributed by atoms with Gasteiger partial charge in [-0.15, -0.1) is 6.42 Å². The van der Waals surface area contributed by atoms with Crippen molar-refractivity contribution in [1.82, 2.24) is 20.2 Å². The lowest BCUT2D eigenvalue weighted by Crippen LogP contribution is -2.51. The Morgan fingerprint density at radius 1 is 1.24 bits per heavy atom. The number of hydrogen-bond donors (Lipinski definition) is 2. The third-order valence-electron chi connectivity index (χ3n) is 6.16. The number of rotatable bonds is 5. The molecule has 2 atom stereocenters. The van der Waals surface area contributed by atoms with E-state index in [0.29, 0.717) is 6.54 Å². The van der Waals surface area contributed by atoms with Crippen LogP contribution in [0.25, 0.3) is 22.0 Å². The fourth-order valence-electron chi connectivity index (χ4n) is 4.35. The summed E-state index contributed by atoms with van der Waals surface area (Å²) in [4.78, 5) is 34.9. The summed E-state index contributed by atoms with van der Waals surface area (Å²) in [5.74, 6) is 3.22. The number of aromatic amines is 1. The van der Waals surface area contributed by atoms with Crippen molar-refractivity contribution in [2.45, 2.75) is 38.8 Å². The van der Waals surface area contributed by atoms with Crippen LogP contribution in [0.2, 0.25) is 0 Å². The molecule has 0 bridgehead atoms. The third kappa shape index (κ3) is 4.56. The number of H-pyrrole nitrogens is 1. The molecule has 0 saturated carbocycles. The minimum absolute atomic E-state index is 0.0717. The van der Waals surface area contributed by atoms with E-state index < -0.39 is 12.1 Å². The molecule has 7 nitrogen and oxygen atoms in total. The molecule has 1 saturated heterocycles. The second kappa shape index (κ2) is 9.37. The lowest BCUT2D eigenvalue weighted by Gasteiger charge is -2.30. The molecule has 7 heteroatoms. The fraction of sp³-hybridized carbons (Fsp3) is 0.346.